The van der Waals surface area contributed by atoms with E-state index in [-0.39, 0.29) is 11.6 Å². The van der Waals surface area contributed by atoms with Gasteiger partial charge in [-0.3, -0.25) is 9.69 Å². The van der Waals surface area contributed by atoms with Crippen LogP contribution in [0.25, 0.3) is 21.5 Å². The highest BCUT2D eigenvalue weighted by Gasteiger charge is 2.19. The average molecular weight is 395 g/mol. The first kappa shape index (κ1) is 18.5. The van der Waals surface area contributed by atoms with Crippen molar-refractivity contribution in [3.8, 4) is 17.1 Å². The molecule has 1 atom stereocenters. The van der Waals surface area contributed by atoms with E-state index in [4.69, 9.17) is 14.1 Å². The summed E-state index contributed by atoms with van der Waals surface area (Å²) < 4.78 is 10.7. The van der Waals surface area contributed by atoms with Crippen LogP contribution in [0.5, 0.6) is 5.75 Å². The first-order valence-electron chi connectivity index (χ1n) is 8.95. The van der Waals surface area contributed by atoms with Gasteiger partial charge in [0, 0.05) is 17.5 Å². The first-order valence-corrected chi connectivity index (χ1v) is 9.83. The maximum absolute atomic E-state index is 12.8. The molecule has 0 aliphatic carbocycles. The number of nitrogens with one attached hydrogen (secondary N) is 1. The summed E-state index contributed by atoms with van der Waals surface area (Å²) in [7, 11) is 3.67. The fourth-order valence-corrected chi connectivity index (χ4v) is 4.08. The van der Waals surface area contributed by atoms with Crippen molar-refractivity contribution >= 4 is 21.6 Å². The molecule has 0 aliphatic heterocycles. The van der Waals surface area contributed by atoms with Gasteiger partial charge in [-0.25, -0.2) is 4.98 Å². The number of furan rings is 1. The van der Waals surface area contributed by atoms with E-state index in [0.29, 0.717) is 17.0 Å². The number of nitrogens with zero attached hydrogens (tertiary/aromatic N) is 2. The predicted molar refractivity (Wildman–Crippen MR) is 111 cm³/mol. The normalized spacial score (nSPS) is 12.6. The van der Waals surface area contributed by atoms with E-state index in [1.54, 1.807) is 13.4 Å². The number of ether oxygens (including phenoxy) is 1. The third kappa shape index (κ3) is 3.46. The van der Waals surface area contributed by atoms with Crippen LogP contribution in [0.4, 0.5) is 0 Å². The van der Waals surface area contributed by atoms with E-state index >= 15 is 0 Å². The van der Waals surface area contributed by atoms with E-state index in [0.717, 1.165) is 28.3 Å². The Balaban J connectivity index is 1.60. The summed E-state index contributed by atoms with van der Waals surface area (Å²) in [6.45, 7) is 2.77. The monoisotopic (exact) mass is 395 g/mol. The van der Waals surface area contributed by atoms with Crippen LogP contribution in [-0.4, -0.2) is 29.0 Å². The number of fused-ring (bicyclic) bond motifs is 1. The summed E-state index contributed by atoms with van der Waals surface area (Å²) in [5.74, 6) is 2.17. The minimum Gasteiger partial charge on any atom is -0.497 e. The molecule has 7 heteroatoms. The van der Waals surface area contributed by atoms with Gasteiger partial charge in [-0.1, -0.05) is 12.1 Å². The zero-order valence-electron chi connectivity index (χ0n) is 15.9. The molecule has 0 spiro atoms. The Bertz CT molecular complexity index is 1130. The molecular weight excluding hydrogens is 374 g/mol. The van der Waals surface area contributed by atoms with Crippen molar-refractivity contribution in [1.82, 2.24) is 14.9 Å². The summed E-state index contributed by atoms with van der Waals surface area (Å²) in [6.07, 6.45) is 1.60. The standard InChI is InChI=1S/C21H21N3O3S/c1-13(24(2)11-14-6-8-15(26-3)9-7-14)19-22-20(25)18-16(12-28-21(18)23-19)17-5-4-10-27-17/h4-10,12-13H,11H2,1-3H3,(H,22,23,25)/t13-/m1/s1. The maximum Gasteiger partial charge on any atom is 0.260 e. The number of benzene rings is 1. The van der Waals surface area contributed by atoms with Crippen molar-refractivity contribution in [3.63, 3.8) is 0 Å². The fraction of sp³-hybridized carbons (Fsp3) is 0.238. The lowest BCUT2D eigenvalue weighted by molar-refractivity contribution is 0.244. The minimum absolute atomic E-state index is 0.0478. The van der Waals surface area contributed by atoms with Gasteiger partial charge in [-0.15, -0.1) is 11.3 Å². The Kier molecular flexibility index (Phi) is 5.02. The molecule has 0 amide bonds. The van der Waals surface area contributed by atoms with E-state index < -0.39 is 0 Å². The van der Waals surface area contributed by atoms with Crippen LogP contribution in [-0.2, 0) is 6.54 Å². The number of hydrogen-bond donors (Lipinski definition) is 1. The summed E-state index contributed by atoms with van der Waals surface area (Å²) >= 11 is 1.45. The third-order valence-corrected chi connectivity index (χ3v) is 5.77. The zero-order chi connectivity index (χ0) is 19.7. The van der Waals surface area contributed by atoms with Crippen molar-refractivity contribution in [1.29, 1.82) is 0 Å². The van der Waals surface area contributed by atoms with Crippen molar-refractivity contribution < 1.29 is 9.15 Å². The van der Waals surface area contributed by atoms with Gasteiger partial charge in [0.25, 0.3) is 5.56 Å². The summed E-state index contributed by atoms with van der Waals surface area (Å²) in [5, 5.41) is 2.50. The number of hydrogen-bond acceptors (Lipinski definition) is 6. The summed E-state index contributed by atoms with van der Waals surface area (Å²) in [4.78, 5) is 23.3. The Morgan fingerprint density at radius 1 is 1.29 bits per heavy atom. The molecule has 1 aromatic carbocycles. The predicted octanol–water partition coefficient (Wildman–Crippen LogP) is 4.45. The second-order valence-corrected chi connectivity index (χ2v) is 7.56. The van der Waals surface area contributed by atoms with Crippen LogP contribution in [0.15, 0.2) is 57.3 Å². The number of aromatic nitrogens is 2. The van der Waals surface area contributed by atoms with E-state index in [9.17, 15) is 4.79 Å². The van der Waals surface area contributed by atoms with E-state index in [1.807, 2.05) is 55.7 Å². The van der Waals surface area contributed by atoms with Gasteiger partial charge in [-0.05, 0) is 43.8 Å². The lowest BCUT2D eigenvalue weighted by Gasteiger charge is -2.24. The SMILES string of the molecule is COc1ccc(CN(C)[C@H](C)c2nc3scc(-c4ccco4)c3c(=O)[nH]2)cc1. The third-order valence-electron chi connectivity index (χ3n) is 4.90. The van der Waals surface area contributed by atoms with Crippen molar-refractivity contribution in [2.45, 2.75) is 19.5 Å². The molecule has 144 valence electrons. The van der Waals surface area contributed by atoms with Crippen LogP contribution in [0, 0.1) is 0 Å². The molecule has 6 nitrogen and oxygen atoms in total. The van der Waals surface area contributed by atoms with Crippen molar-refractivity contribution in [2.75, 3.05) is 14.2 Å². The van der Waals surface area contributed by atoms with Crippen molar-refractivity contribution in [2.24, 2.45) is 0 Å². The van der Waals surface area contributed by atoms with Gasteiger partial charge >= 0.3 is 0 Å². The Hall–Kier alpha value is -2.90. The zero-order valence-corrected chi connectivity index (χ0v) is 16.7. The quantitative estimate of drug-likeness (QED) is 0.522. The van der Waals surface area contributed by atoms with Crippen LogP contribution in [0.2, 0.25) is 0 Å². The number of methoxy groups -OCH3 is 1. The van der Waals surface area contributed by atoms with Crippen LogP contribution < -0.4 is 10.3 Å². The van der Waals surface area contributed by atoms with E-state index in [1.165, 1.54) is 11.3 Å². The highest BCUT2D eigenvalue weighted by atomic mass is 32.1. The molecule has 28 heavy (non-hydrogen) atoms. The highest BCUT2D eigenvalue weighted by molar-refractivity contribution is 7.17. The van der Waals surface area contributed by atoms with Crippen LogP contribution in [0.1, 0.15) is 24.4 Å². The molecule has 0 aliphatic rings. The number of aromatic amines is 1. The topological polar surface area (TPSA) is 71.4 Å². The van der Waals surface area contributed by atoms with Crippen LogP contribution >= 0.6 is 11.3 Å². The van der Waals surface area contributed by atoms with Gasteiger partial charge in [0.2, 0.25) is 0 Å². The molecule has 0 saturated carbocycles. The lowest BCUT2D eigenvalue weighted by atomic mass is 10.1. The summed E-state index contributed by atoms with van der Waals surface area (Å²) in [6, 6.07) is 11.6. The highest BCUT2D eigenvalue weighted by Crippen LogP contribution is 2.31. The van der Waals surface area contributed by atoms with Gasteiger partial charge < -0.3 is 14.1 Å². The maximum atomic E-state index is 12.8. The number of thiophene rings is 1. The first-order chi connectivity index (χ1) is 13.6. The van der Waals surface area contributed by atoms with Crippen LogP contribution in [0.3, 0.4) is 0 Å². The number of H-pyrrole nitrogens is 1. The molecule has 3 heterocycles. The van der Waals surface area contributed by atoms with Gasteiger partial charge in [0.05, 0.1) is 24.8 Å². The van der Waals surface area contributed by atoms with Crippen molar-refractivity contribution in [3.05, 3.63) is 69.8 Å². The molecule has 0 saturated heterocycles. The smallest absolute Gasteiger partial charge is 0.260 e. The van der Waals surface area contributed by atoms with Gasteiger partial charge in [0.15, 0.2) is 0 Å². The molecule has 3 aromatic heterocycles. The molecule has 4 rings (SSSR count). The molecule has 4 aromatic rings. The second-order valence-electron chi connectivity index (χ2n) is 6.70. The average Bonchev–Trinajstić information content (AvgIpc) is 3.37. The molecule has 0 fully saturated rings. The Morgan fingerprint density at radius 2 is 2.07 bits per heavy atom. The van der Waals surface area contributed by atoms with Gasteiger partial charge in [-0.2, -0.15) is 0 Å². The van der Waals surface area contributed by atoms with Gasteiger partial charge in [0.1, 0.15) is 22.2 Å². The molecule has 0 radical (unpaired) electrons. The fourth-order valence-electron chi connectivity index (χ4n) is 3.14. The largest absolute Gasteiger partial charge is 0.497 e. The second kappa shape index (κ2) is 7.61. The summed E-state index contributed by atoms with van der Waals surface area (Å²) in [5.41, 5.74) is 1.80. The molecule has 0 bridgehead atoms. The minimum atomic E-state index is -0.141. The molecular formula is C21H21N3O3S. The molecule has 0 unspecified atom stereocenters. The Labute approximate surface area is 166 Å². The Morgan fingerprint density at radius 3 is 2.75 bits per heavy atom. The van der Waals surface area contributed by atoms with E-state index in [2.05, 4.69) is 9.88 Å². The molecule has 1 N–H and O–H groups in total. The number of rotatable bonds is 6. The lowest BCUT2D eigenvalue weighted by Crippen LogP contribution is -2.25.